The second-order valence-corrected chi connectivity index (χ2v) is 4.01. The van der Waals surface area contributed by atoms with Crippen molar-refractivity contribution in [1.29, 1.82) is 0 Å². The van der Waals surface area contributed by atoms with Gasteiger partial charge in [0.05, 0.1) is 23.7 Å². The molecule has 0 aliphatic heterocycles. The molecule has 1 rings (SSSR count). The van der Waals surface area contributed by atoms with Gasteiger partial charge in [0, 0.05) is 7.05 Å². The summed E-state index contributed by atoms with van der Waals surface area (Å²) in [7, 11) is 1.58. The van der Waals surface area contributed by atoms with Gasteiger partial charge in [-0.05, 0) is 6.42 Å². The number of nitrogens with zero attached hydrogens (tertiary/aromatic N) is 3. The number of rotatable bonds is 7. The van der Waals surface area contributed by atoms with Crippen LogP contribution in [0.25, 0.3) is 0 Å². The highest BCUT2D eigenvalue weighted by Gasteiger charge is 2.30. The molecule has 0 saturated heterocycles. The standard InChI is InChI=1S/C10H17N5O4/c1-3-10(5-16,6-17)14-8-7(15(18)19)4-12-9(11-2)13-8/h4,16-17H,3,5-6H2,1-2H3,(H2,11,12,13,14). The summed E-state index contributed by atoms with van der Waals surface area (Å²) >= 11 is 0. The van der Waals surface area contributed by atoms with Gasteiger partial charge in [-0.25, -0.2) is 4.98 Å². The van der Waals surface area contributed by atoms with Crippen LogP contribution >= 0.6 is 0 Å². The maximum Gasteiger partial charge on any atom is 0.329 e. The van der Waals surface area contributed by atoms with Gasteiger partial charge in [0.2, 0.25) is 11.8 Å². The summed E-state index contributed by atoms with van der Waals surface area (Å²) in [5.41, 5.74) is -1.39. The second kappa shape index (κ2) is 6.25. The fourth-order valence-electron chi connectivity index (χ4n) is 1.41. The first kappa shape index (κ1) is 15.1. The molecule has 0 spiro atoms. The van der Waals surface area contributed by atoms with Crippen molar-refractivity contribution in [1.82, 2.24) is 9.97 Å². The zero-order valence-electron chi connectivity index (χ0n) is 10.8. The molecule has 9 heteroatoms. The quantitative estimate of drug-likeness (QED) is 0.401. The van der Waals surface area contributed by atoms with E-state index >= 15 is 0 Å². The Balaban J connectivity index is 3.19. The summed E-state index contributed by atoms with van der Waals surface area (Å²) in [4.78, 5) is 18.0. The third kappa shape index (κ3) is 3.26. The van der Waals surface area contributed by atoms with Crippen LogP contribution < -0.4 is 10.6 Å². The van der Waals surface area contributed by atoms with Crippen molar-refractivity contribution >= 4 is 17.5 Å². The van der Waals surface area contributed by atoms with Crippen LogP contribution in [0.1, 0.15) is 13.3 Å². The third-order valence-electron chi connectivity index (χ3n) is 2.86. The topological polar surface area (TPSA) is 133 Å². The molecule has 0 bridgehead atoms. The number of hydrogen-bond acceptors (Lipinski definition) is 8. The van der Waals surface area contributed by atoms with Gasteiger partial charge in [0.1, 0.15) is 6.20 Å². The van der Waals surface area contributed by atoms with Crippen LogP contribution in [0.2, 0.25) is 0 Å². The average molecular weight is 271 g/mol. The highest BCUT2D eigenvalue weighted by Crippen LogP contribution is 2.26. The van der Waals surface area contributed by atoms with Crippen molar-refractivity contribution in [3.8, 4) is 0 Å². The van der Waals surface area contributed by atoms with Crippen molar-refractivity contribution < 1.29 is 15.1 Å². The van der Waals surface area contributed by atoms with Crippen molar-refractivity contribution in [3.05, 3.63) is 16.3 Å². The van der Waals surface area contributed by atoms with Crippen LogP contribution in [-0.2, 0) is 0 Å². The Morgan fingerprint density at radius 1 is 1.47 bits per heavy atom. The van der Waals surface area contributed by atoms with Crippen molar-refractivity contribution in [2.75, 3.05) is 30.9 Å². The molecule has 0 radical (unpaired) electrons. The molecular weight excluding hydrogens is 254 g/mol. The summed E-state index contributed by atoms with van der Waals surface area (Å²) in [5, 5.41) is 35.0. The molecule has 0 amide bonds. The molecular formula is C10H17N5O4. The Kier molecular flexibility index (Phi) is 4.95. The molecule has 0 aliphatic rings. The van der Waals surface area contributed by atoms with E-state index in [1.54, 1.807) is 14.0 Å². The Hall–Kier alpha value is -2.00. The first-order valence-corrected chi connectivity index (χ1v) is 5.71. The molecule has 9 nitrogen and oxygen atoms in total. The number of nitrogens with one attached hydrogen (secondary N) is 2. The number of aromatic nitrogens is 2. The van der Waals surface area contributed by atoms with E-state index < -0.39 is 10.5 Å². The van der Waals surface area contributed by atoms with E-state index in [0.29, 0.717) is 6.42 Å². The molecule has 19 heavy (non-hydrogen) atoms. The minimum Gasteiger partial charge on any atom is -0.394 e. The first-order valence-electron chi connectivity index (χ1n) is 5.71. The van der Waals surface area contributed by atoms with Crippen molar-refractivity contribution in [2.24, 2.45) is 0 Å². The average Bonchev–Trinajstić information content (AvgIpc) is 2.44. The molecule has 4 N–H and O–H groups in total. The zero-order chi connectivity index (χ0) is 14.5. The van der Waals surface area contributed by atoms with Gasteiger partial charge in [-0.15, -0.1) is 0 Å². The van der Waals surface area contributed by atoms with Crippen LogP contribution in [0.3, 0.4) is 0 Å². The zero-order valence-corrected chi connectivity index (χ0v) is 10.8. The highest BCUT2D eigenvalue weighted by atomic mass is 16.6. The second-order valence-electron chi connectivity index (χ2n) is 4.01. The van der Waals surface area contributed by atoms with E-state index in [0.717, 1.165) is 6.20 Å². The number of anilines is 2. The van der Waals surface area contributed by atoms with Crippen LogP contribution in [-0.4, -0.2) is 50.9 Å². The van der Waals surface area contributed by atoms with E-state index in [1.807, 2.05) is 0 Å². The summed E-state index contributed by atoms with van der Waals surface area (Å²) in [5.74, 6) is 0.156. The Labute approximate surface area is 109 Å². The normalized spacial score (nSPS) is 11.2. The number of hydrogen-bond donors (Lipinski definition) is 4. The molecule has 1 aromatic rings. The smallest absolute Gasteiger partial charge is 0.329 e. The van der Waals surface area contributed by atoms with Crippen LogP contribution in [0.5, 0.6) is 0 Å². The number of nitro groups is 1. The largest absolute Gasteiger partial charge is 0.394 e. The Bertz CT molecular complexity index is 441. The SMILES string of the molecule is CCC(CO)(CO)Nc1nc(NC)ncc1[N+](=O)[O-]. The summed E-state index contributed by atoms with van der Waals surface area (Å²) < 4.78 is 0. The minimum atomic E-state index is -1.07. The lowest BCUT2D eigenvalue weighted by molar-refractivity contribution is -0.384. The van der Waals surface area contributed by atoms with E-state index in [2.05, 4.69) is 20.6 Å². The minimum absolute atomic E-state index is 0.0469. The highest BCUT2D eigenvalue weighted by molar-refractivity contribution is 5.58. The van der Waals surface area contributed by atoms with E-state index in [4.69, 9.17) is 0 Å². The monoisotopic (exact) mass is 271 g/mol. The number of aliphatic hydroxyl groups excluding tert-OH is 2. The first-order chi connectivity index (χ1) is 9.01. The summed E-state index contributed by atoms with van der Waals surface area (Å²) in [6.07, 6.45) is 1.44. The molecule has 0 unspecified atom stereocenters. The molecule has 1 aromatic heterocycles. The van der Waals surface area contributed by atoms with Gasteiger partial charge in [0.15, 0.2) is 0 Å². The molecule has 0 atom stereocenters. The molecule has 106 valence electrons. The third-order valence-corrected chi connectivity index (χ3v) is 2.86. The van der Waals surface area contributed by atoms with Gasteiger partial charge in [-0.3, -0.25) is 10.1 Å². The molecule has 1 heterocycles. The van der Waals surface area contributed by atoms with Gasteiger partial charge >= 0.3 is 5.69 Å². The maximum absolute atomic E-state index is 10.9. The van der Waals surface area contributed by atoms with Gasteiger partial charge in [-0.2, -0.15) is 4.98 Å². The molecule has 0 aliphatic carbocycles. The van der Waals surface area contributed by atoms with E-state index in [9.17, 15) is 20.3 Å². The fourth-order valence-corrected chi connectivity index (χ4v) is 1.41. The fraction of sp³-hybridized carbons (Fsp3) is 0.600. The van der Waals surface area contributed by atoms with Crippen LogP contribution in [0.15, 0.2) is 6.20 Å². The predicted molar refractivity (Wildman–Crippen MR) is 69.0 cm³/mol. The van der Waals surface area contributed by atoms with Gasteiger partial charge < -0.3 is 20.8 Å². The lowest BCUT2D eigenvalue weighted by Gasteiger charge is -2.29. The summed E-state index contributed by atoms with van der Waals surface area (Å²) in [6, 6.07) is 0. The Morgan fingerprint density at radius 3 is 2.53 bits per heavy atom. The van der Waals surface area contributed by atoms with E-state index in [1.165, 1.54) is 0 Å². The lowest BCUT2D eigenvalue weighted by atomic mass is 9.98. The van der Waals surface area contributed by atoms with Crippen molar-refractivity contribution in [3.63, 3.8) is 0 Å². The van der Waals surface area contributed by atoms with Crippen LogP contribution in [0.4, 0.5) is 17.5 Å². The van der Waals surface area contributed by atoms with Crippen LogP contribution in [0, 0.1) is 10.1 Å². The summed E-state index contributed by atoms with van der Waals surface area (Å²) in [6.45, 7) is 0.984. The lowest BCUT2D eigenvalue weighted by Crippen LogP contribution is -2.45. The van der Waals surface area contributed by atoms with E-state index in [-0.39, 0.29) is 30.7 Å². The van der Waals surface area contributed by atoms with Gasteiger partial charge in [-0.1, -0.05) is 6.92 Å². The maximum atomic E-state index is 10.9. The predicted octanol–water partition coefficient (Wildman–Crippen LogP) is -0.0282. The van der Waals surface area contributed by atoms with Gasteiger partial charge in [0.25, 0.3) is 0 Å². The molecule has 0 aromatic carbocycles. The molecule has 0 saturated carbocycles. The number of aliphatic hydroxyl groups is 2. The molecule has 0 fully saturated rings. The Morgan fingerprint density at radius 2 is 2.11 bits per heavy atom. The van der Waals surface area contributed by atoms with Crippen molar-refractivity contribution in [2.45, 2.75) is 18.9 Å².